The maximum Gasteiger partial charge on any atom is 0.231 e. The number of carbonyl (C=O) groups excluding carboxylic acids is 1. The zero-order valence-electron chi connectivity index (χ0n) is 12.9. The minimum Gasteiger partial charge on any atom is -0.325 e. The third-order valence-electron chi connectivity index (χ3n) is 3.63. The SMILES string of the molecule is Cc1cc(SC#N)c(C)cc1NC(=O)[C@H](C)c1ccccc1. The Morgan fingerprint density at radius 2 is 1.86 bits per heavy atom. The largest absolute Gasteiger partial charge is 0.325 e. The molecular weight excluding hydrogens is 292 g/mol. The highest BCUT2D eigenvalue weighted by Gasteiger charge is 2.16. The number of rotatable bonds is 4. The fraction of sp³-hybridized carbons (Fsp3) is 0.222. The Morgan fingerprint density at radius 3 is 2.50 bits per heavy atom. The van der Waals surface area contributed by atoms with Crippen LogP contribution in [0.5, 0.6) is 0 Å². The maximum absolute atomic E-state index is 12.4. The molecule has 112 valence electrons. The van der Waals surface area contributed by atoms with Crippen LogP contribution in [-0.4, -0.2) is 5.91 Å². The van der Waals surface area contributed by atoms with Crippen LogP contribution in [-0.2, 0) is 4.79 Å². The van der Waals surface area contributed by atoms with Gasteiger partial charge in [0.2, 0.25) is 5.91 Å². The second kappa shape index (κ2) is 7.15. The number of hydrogen-bond donors (Lipinski definition) is 1. The number of carbonyl (C=O) groups is 1. The summed E-state index contributed by atoms with van der Waals surface area (Å²) >= 11 is 1.14. The van der Waals surface area contributed by atoms with Crippen molar-refractivity contribution in [3.8, 4) is 5.40 Å². The van der Waals surface area contributed by atoms with E-state index >= 15 is 0 Å². The fourth-order valence-electron chi connectivity index (χ4n) is 2.22. The summed E-state index contributed by atoms with van der Waals surface area (Å²) in [6, 6.07) is 13.6. The Morgan fingerprint density at radius 1 is 1.18 bits per heavy atom. The van der Waals surface area contributed by atoms with Gasteiger partial charge in [0, 0.05) is 10.6 Å². The van der Waals surface area contributed by atoms with Gasteiger partial charge in [0.05, 0.1) is 5.92 Å². The van der Waals surface area contributed by atoms with E-state index in [4.69, 9.17) is 5.26 Å². The number of nitriles is 1. The van der Waals surface area contributed by atoms with Crippen molar-refractivity contribution in [2.75, 3.05) is 5.32 Å². The van der Waals surface area contributed by atoms with Gasteiger partial charge in [0.15, 0.2) is 0 Å². The van der Waals surface area contributed by atoms with Gasteiger partial charge in [-0.3, -0.25) is 4.79 Å². The monoisotopic (exact) mass is 310 g/mol. The van der Waals surface area contributed by atoms with Crippen molar-refractivity contribution in [3.05, 3.63) is 59.2 Å². The van der Waals surface area contributed by atoms with Crippen LogP contribution < -0.4 is 5.32 Å². The number of amides is 1. The standard InChI is InChI=1S/C18H18N2OS/c1-12-10-17(22-11-19)13(2)9-16(12)20-18(21)14(3)15-7-5-4-6-8-15/h4-10,14H,1-3H3,(H,20,21)/t14-/m1/s1. The molecule has 3 nitrogen and oxygen atoms in total. The molecule has 1 atom stereocenters. The predicted molar refractivity (Wildman–Crippen MR) is 90.9 cm³/mol. The minimum atomic E-state index is -0.214. The van der Waals surface area contributed by atoms with Gasteiger partial charge in [-0.1, -0.05) is 30.3 Å². The Balaban J connectivity index is 2.19. The number of aryl methyl sites for hydroxylation is 2. The molecule has 2 rings (SSSR count). The Kier molecular flexibility index (Phi) is 5.24. The van der Waals surface area contributed by atoms with E-state index in [0.717, 1.165) is 39.0 Å². The first-order valence-corrected chi connectivity index (χ1v) is 7.87. The van der Waals surface area contributed by atoms with Crippen molar-refractivity contribution in [1.29, 1.82) is 5.26 Å². The fourth-order valence-corrected chi connectivity index (χ4v) is 2.77. The van der Waals surface area contributed by atoms with Crippen molar-refractivity contribution in [2.24, 2.45) is 0 Å². The summed E-state index contributed by atoms with van der Waals surface area (Å²) in [5.74, 6) is -0.247. The lowest BCUT2D eigenvalue weighted by Crippen LogP contribution is -2.19. The Bertz CT molecular complexity index is 720. The zero-order chi connectivity index (χ0) is 16.1. The summed E-state index contributed by atoms with van der Waals surface area (Å²) in [5.41, 5.74) is 3.73. The molecule has 4 heteroatoms. The molecule has 0 fully saturated rings. The third kappa shape index (κ3) is 3.69. The summed E-state index contributed by atoms with van der Waals surface area (Å²) in [6.07, 6.45) is 0. The molecule has 0 saturated heterocycles. The summed E-state index contributed by atoms with van der Waals surface area (Å²) in [5, 5.41) is 13.9. The van der Waals surface area contributed by atoms with Crippen molar-refractivity contribution in [3.63, 3.8) is 0 Å². The molecule has 1 amide bonds. The van der Waals surface area contributed by atoms with Crippen LogP contribution in [0.3, 0.4) is 0 Å². The molecule has 0 aliphatic rings. The summed E-state index contributed by atoms with van der Waals surface area (Å²) < 4.78 is 0. The molecular formula is C18H18N2OS. The van der Waals surface area contributed by atoms with Crippen LogP contribution in [0, 0.1) is 24.5 Å². The molecule has 0 heterocycles. The highest BCUT2D eigenvalue weighted by molar-refractivity contribution is 8.03. The van der Waals surface area contributed by atoms with E-state index in [0.29, 0.717) is 0 Å². The smallest absolute Gasteiger partial charge is 0.231 e. The lowest BCUT2D eigenvalue weighted by Gasteiger charge is -2.15. The number of hydrogen-bond acceptors (Lipinski definition) is 3. The van der Waals surface area contributed by atoms with E-state index in [1.165, 1.54) is 0 Å². The normalized spacial score (nSPS) is 11.5. The second-order valence-electron chi connectivity index (χ2n) is 5.25. The van der Waals surface area contributed by atoms with Crippen molar-refractivity contribution >= 4 is 23.4 Å². The predicted octanol–water partition coefficient (Wildman–Crippen LogP) is 4.62. The van der Waals surface area contributed by atoms with Crippen LogP contribution >= 0.6 is 11.8 Å². The number of thiocyanates is 1. The van der Waals surface area contributed by atoms with E-state index in [1.54, 1.807) is 0 Å². The van der Waals surface area contributed by atoms with E-state index < -0.39 is 0 Å². The average Bonchev–Trinajstić information content (AvgIpc) is 2.52. The first-order chi connectivity index (χ1) is 10.5. The van der Waals surface area contributed by atoms with Gasteiger partial charge >= 0.3 is 0 Å². The van der Waals surface area contributed by atoms with Crippen LogP contribution in [0.15, 0.2) is 47.4 Å². The van der Waals surface area contributed by atoms with Crippen molar-refractivity contribution < 1.29 is 4.79 Å². The first-order valence-electron chi connectivity index (χ1n) is 7.06. The number of nitrogens with zero attached hydrogens (tertiary/aromatic N) is 1. The lowest BCUT2D eigenvalue weighted by atomic mass is 10.00. The molecule has 0 radical (unpaired) electrons. The van der Waals surface area contributed by atoms with Gasteiger partial charge in [-0.05, 0) is 61.4 Å². The number of thioether (sulfide) groups is 1. The lowest BCUT2D eigenvalue weighted by molar-refractivity contribution is -0.117. The van der Waals surface area contributed by atoms with Gasteiger partial charge in [-0.25, -0.2) is 0 Å². The number of anilines is 1. The first kappa shape index (κ1) is 16.1. The number of benzene rings is 2. The van der Waals surface area contributed by atoms with Crippen LogP contribution in [0.1, 0.15) is 29.5 Å². The molecule has 0 saturated carbocycles. The molecule has 0 bridgehead atoms. The van der Waals surface area contributed by atoms with E-state index in [2.05, 4.69) is 10.7 Å². The molecule has 0 aliphatic heterocycles. The molecule has 22 heavy (non-hydrogen) atoms. The molecule has 0 aliphatic carbocycles. The van der Waals surface area contributed by atoms with E-state index in [1.807, 2.05) is 63.2 Å². The van der Waals surface area contributed by atoms with Gasteiger partial charge in [0.25, 0.3) is 0 Å². The van der Waals surface area contributed by atoms with Crippen LogP contribution in [0.2, 0.25) is 0 Å². The highest BCUT2D eigenvalue weighted by atomic mass is 32.2. The average molecular weight is 310 g/mol. The van der Waals surface area contributed by atoms with Gasteiger partial charge in [-0.15, -0.1) is 0 Å². The molecule has 0 aromatic heterocycles. The Hall–Kier alpha value is -2.25. The quantitative estimate of drug-likeness (QED) is 0.662. The minimum absolute atomic E-state index is 0.0330. The topological polar surface area (TPSA) is 52.9 Å². The van der Waals surface area contributed by atoms with Crippen LogP contribution in [0.25, 0.3) is 0 Å². The molecule has 0 spiro atoms. The second-order valence-corrected chi connectivity index (χ2v) is 6.07. The molecule has 1 N–H and O–H groups in total. The summed E-state index contributed by atoms with van der Waals surface area (Å²) in [6.45, 7) is 5.77. The van der Waals surface area contributed by atoms with Gasteiger partial charge < -0.3 is 5.32 Å². The van der Waals surface area contributed by atoms with Gasteiger partial charge in [-0.2, -0.15) is 5.26 Å². The van der Waals surface area contributed by atoms with Gasteiger partial charge in [0.1, 0.15) is 5.40 Å². The molecule has 0 unspecified atom stereocenters. The zero-order valence-corrected chi connectivity index (χ0v) is 13.7. The van der Waals surface area contributed by atoms with Crippen molar-refractivity contribution in [1.82, 2.24) is 0 Å². The highest BCUT2D eigenvalue weighted by Crippen LogP contribution is 2.28. The number of nitrogens with one attached hydrogen (secondary N) is 1. The van der Waals surface area contributed by atoms with Crippen LogP contribution in [0.4, 0.5) is 5.69 Å². The molecule has 2 aromatic carbocycles. The molecule has 2 aromatic rings. The van der Waals surface area contributed by atoms with E-state index in [9.17, 15) is 4.79 Å². The van der Waals surface area contributed by atoms with Crippen molar-refractivity contribution in [2.45, 2.75) is 31.6 Å². The Labute approximate surface area is 135 Å². The van der Waals surface area contributed by atoms with E-state index in [-0.39, 0.29) is 11.8 Å². The summed E-state index contributed by atoms with van der Waals surface area (Å²) in [7, 11) is 0. The third-order valence-corrected chi connectivity index (χ3v) is 4.38. The summed E-state index contributed by atoms with van der Waals surface area (Å²) in [4.78, 5) is 13.3. The maximum atomic E-state index is 12.4.